The first-order valence-corrected chi connectivity index (χ1v) is 5.78. The van der Waals surface area contributed by atoms with Gasteiger partial charge in [0, 0.05) is 5.56 Å². The molecule has 8 radical (unpaired) electrons. The van der Waals surface area contributed by atoms with Gasteiger partial charge in [0.25, 0.3) is 0 Å². The molecular formula is C12H14B4O2. The Morgan fingerprint density at radius 2 is 1.28 bits per heavy atom. The fraction of sp³-hybridized carbons (Fsp3) is 0.417. The Morgan fingerprint density at radius 3 is 1.50 bits per heavy atom. The van der Waals surface area contributed by atoms with Crippen LogP contribution in [0.3, 0.4) is 0 Å². The van der Waals surface area contributed by atoms with Gasteiger partial charge in [0.05, 0.1) is 0 Å². The normalized spacial score (nSPS) is 9.83. The first-order chi connectivity index (χ1) is 8.29. The van der Waals surface area contributed by atoms with E-state index in [-0.39, 0.29) is 33.3 Å². The van der Waals surface area contributed by atoms with Crippen molar-refractivity contribution in [2.45, 2.75) is 33.6 Å². The van der Waals surface area contributed by atoms with Gasteiger partial charge in [-0.2, -0.15) is 0 Å². The molecule has 0 aliphatic heterocycles. The predicted octanol–water partition coefficient (Wildman–Crippen LogP) is -1.29. The van der Waals surface area contributed by atoms with Crippen molar-refractivity contribution < 1.29 is 9.90 Å². The summed E-state index contributed by atoms with van der Waals surface area (Å²) in [5, 5.41) is 8.95. The van der Waals surface area contributed by atoms with Crippen molar-refractivity contribution in [1.29, 1.82) is 0 Å². The number of carbonyl (C=O) groups is 1. The molecule has 2 nitrogen and oxygen atoms in total. The van der Waals surface area contributed by atoms with Gasteiger partial charge < -0.3 is 5.11 Å². The number of rotatable bonds is 2. The summed E-state index contributed by atoms with van der Waals surface area (Å²) >= 11 is 0. The topological polar surface area (TPSA) is 37.3 Å². The molecule has 0 saturated carbocycles. The van der Waals surface area contributed by atoms with E-state index in [1.165, 1.54) is 0 Å². The van der Waals surface area contributed by atoms with E-state index in [9.17, 15) is 4.79 Å². The Balaban J connectivity index is 0.00000137. The number of aromatic carboxylic acids is 1. The smallest absolute Gasteiger partial charge is 0.334 e. The lowest BCUT2D eigenvalue weighted by Crippen LogP contribution is -2.49. The summed E-state index contributed by atoms with van der Waals surface area (Å²) in [5.41, 5.74) is 0.711. The molecule has 0 aliphatic rings. The van der Waals surface area contributed by atoms with Crippen LogP contribution in [0.25, 0.3) is 0 Å². The van der Waals surface area contributed by atoms with Crippen molar-refractivity contribution >= 4 is 59.2 Å². The molecule has 0 unspecified atom stereocenters. The average molecular weight is 233 g/mol. The molecule has 0 fully saturated rings. The maximum atomic E-state index is 11.0. The number of carboxylic acid groups (broad SMARTS) is 1. The highest BCUT2D eigenvalue weighted by Gasteiger charge is 2.18. The van der Waals surface area contributed by atoms with Gasteiger partial charge in [0.2, 0.25) is 0 Å². The zero-order valence-electron chi connectivity index (χ0n) is 11.2. The van der Waals surface area contributed by atoms with Gasteiger partial charge in [0.15, 0.2) is 0 Å². The number of carboxylic acids is 1. The second-order valence-corrected chi connectivity index (χ2v) is 3.90. The number of hydrogen-bond acceptors (Lipinski definition) is 1. The molecule has 0 saturated heterocycles. The lowest BCUT2D eigenvalue weighted by Gasteiger charge is -2.22. The average Bonchev–Trinajstić information content (AvgIpc) is 2.29. The van der Waals surface area contributed by atoms with E-state index in [4.69, 9.17) is 36.5 Å². The zero-order chi connectivity index (χ0) is 14.6. The molecule has 0 aromatic heterocycles. The molecule has 86 valence electrons. The molecule has 0 atom stereocenters. The summed E-state index contributed by atoms with van der Waals surface area (Å²) in [6.07, 6.45) is 0. The van der Waals surface area contributed by atoms with Crippen molar-refractivity contribution in [2.24, 2.45) is 0 Å². The monoisotopic (exact) mass is 234 g/mol. The summed E-state index contributed by atoms with van der Waals surface area (Å²) in [6.45, 7) is 7.75. The van der Waals surface area contributed by atoms with Crippen LogP contribution < -0.4 is 21.9 Å². The fourth-order valence-corrected chi connectivity index (χ4v) is 1.70. The van der Waals surface area contributed by atoms with Gasteiger partial charge >= 0.3 is 5.97 Å². The van der Waals surface area contributed by atoms with E-state index < -0.39 is 5.97 Å². The Kier molecular flexibility index (Phi) is 6.37. The van der Waals surface area contributed by atoms with Crippen LogP contribution in [0.1, 0.15) is 49.5 Å². The van der Waals surface area contributed by atoms with Crippen molar-refractivity contribution in [2.75, 3.05) is 0 Å². The highest BCUT2D eigenvalue weighted by atomic mass is 16.4. The minimum absolute atomic E-state index is 0.0208. The van der Waals surface area contributed by atoms with Crippen LogP contribution >= 0.6 is 0 Å². The largest absolute Gasteiger partial charge is 0.478 e. The first kappa shape index (κ1) is 16.9. The van der Waals surface area contributed by atoms with Gasteiger partial charge in [-0.1, -0.05) is 55.1 Å². The van der Waals surface area contributed by atoms with Crippen molar-refractivity contribution in [3.63, 3.8) is 0 Å². The molecule has 0 heterocycles. The minimum atomic E-state index is -1.23. The van der Waals surface area contributed by atoms with Crippen LogP contribution in [0.5, 0.6) is 0 Å². The summed E-state index contributed by atoms with van der Waals surface area (Å²) < 4.78 is 0. The third-order valence-electron chi connectivity index (χ3n) is 2.49. The van der Waals surface area contributed by atoms with E-state index >= 15 is 0 Å². The third-order valence-corrected chi connectivity index (χ3v) is 2.49. The van der Waals surface area contributed by atoms with Gasteiger partial charge in [-0.25, -0.2) is 4.79 Å². The van der Waals surface area contributed by atoms with Crippen LogP contribution in [0.15, 0.2) is 0 Å². The van der Waals surface area contributed by atoms with Crippen LogP contribution in [0.2, 0.25) is 0 Å². The first-order valence-electron chi connectivity index (χ1n) is 5.78. The van der Waals surface area contributed by atoms with Gasteiger partial charge in [0.1, 0.15) is 31.4 Å². The molecule has 1 aromatic carbocycles. The minimum Gasteiger partial charge on any atom is -0.478 e. The SMILES string of the molecule is CC.[B]c1c([B])c(C(C)C)c([B])c([B])c1C(=O)O. The molecule has 0 spiro atoms. The second-order valence-electron chi connectivity index (χ2n) is 3.90. The standard InChI is InChI=1S/C10H8B4O2.C2H6/c1-3(2)4-6(11)8(13)5(10(15)16)9(14)7(4)12;1-2/h3H,1-2H3,(H,15,16);1-2H3. The summed E-state index contributed by atoms with van der Waals surface area (Å²) in [6, 6.07) is 0. The number of hydrogen-bond donors (Lipinski definition) is 1. The predicted molar refractivity (Wildman–Crippen MR) is 80.4 cm³/mol. The summed E-state index contributed by atoms with van der Waals surface area (Å²) in [4.78, 5) is 11.0. The van der Waals surface area contributed by atoms with Gasteiger partial charge in [-0.05, 0) is 5.92 Å². The molecule has 0 amide bonds. The van der Waals surface area contributed by atoms with Crippen LogP contribution in [0, 0.1) is 0 Å². The lowest BCUT2D eigenvalue weighted by atomic mass is 9.62. The second kappa shape index (κ2) is 6.77. The molecule has 1 N–H and O–H groups in total. The van der Waals surface area contributed by atoms with Crippen LogP contribution in [0.4, 0.5) is 0 Å². The Morgan fingerprint density at radius 1 is 0.944 bits per heavy atom. The molecule has 1 aromatic rings. The Bertz CT molecular complexity index is 427. The molecular weight excluding hydrogens is 219 g/mol. The quantitative estimate of drug-likeness (QED) is 0.646. The molecule has 1 rings (SSSR count). The maximum absolute atomic E-state index is 11.0. The molecule has 18 heavy (non-hydrogen) atoms. The summed E-state index contributed by atoms with van der Waals surface area (Å²) in [7, 11) is 22.8. The Labute approximate surface area is 114 Å². The summed E-state index contributed by atoms with van der Waals surface area (Å²) in [5.74, 6) is -1.21. The van der Waals surface area contributed by atoms with Crippen LogP contribution in [-0.2, 0) is 0 Å². The molecule has 6 heteroatoms. The maximum Gasteiger partial charge on any atom is 0.334 e. The van der Waals surface area contributed by atoms with Crippen molar-refractivity contribution in [3.8, 4) is 0 Å². The van der Waals surface area contributed by atoms with Gasteiger partial charge in [-0.15, -0.1) is 0 Å². The van der Waals surface area contributed by atoms with Crippen LogP contribution in [-0.4, -0.2) is 42.5 Å². The van der Waals surface area contributed by atoms with Crippen molar-refractivity contribution in [3.05, 3.63) is 11.1 Å². The molecule has 0 bridgehead atoms. The highest BCUT2D eigenvalue weighted by Crippen LogP contribution is 2.07. The fourth-order valence-electron chi connectivity index (χ4n) is 1.70. The third kappa shape index (κ3) is 3.04. The van der Waals surface area contributed by atoms with Crippen molar-refractivity contribution in [1.82, 2.24) is 0 Å². The zero-order valence-corrected chi connectivity index (χ0v) is 11.2. The van der Waals surface area contributed by atoms with E-state index in [0.29, 0.717) is 5.56 Å². The van der Waals surface area contributed by atoms with E-state index in [1.54, 1.807) is 0 Å². The van der Waals surface area contributed by atoms with Gasteiger partial charge in [-0.3, -0.25) is 0 Å². The van der Waals surface area contributed by atoms with E-state index in [1.807, 2.05) is 27.7 Å². The molecule has 0 aliphatic carbocycles. The Hall–Kier alpha value is -1.05. The van der Waals surface area contributed by atoms with E-state index in [2.05, 4.69) is 0 Å². The highest BCUT2D eigenvalue weighted by molar-refractivity contribution is 6.59. The lowest BCUT2D eigenvalue weighted by molar-refractivity contribution is 0.0700. The van der Waals surface area contributed by atoms with E-state index in [0.717, 1.165) is 0 Å². The number of benzene rings is 1.